The largest absolute Gasteiger partial charge is 0.497 e. The van der Waals surface area contributed by atoms with Crippen LogP contribution in [0.3, 0.4) is 0 Å². The van der Waals surface area contributed by atoms with Gasteiger partial charge in [-0.1, -0.05) is 19.6 Å². The Morgan fingerprint density at radius 3 is 2.70 bits per heavy atom. The van der Waals surface area contributed by atoms with E-state index < -0.39 is 8.07 Å². The van der Waals surface area contributed by atoms with Crippen LogP contribution < -0.4 is 4.74 Å². The van der Waals surface area contributed by atoms with Crippen LogP contribution in [0.15, 0.2) is 18.2 Å². The van der Waals surface area contributed by atoms with Crippen molar-refractivity contribution in [3.63, 3.8) is 0 Å². The zero-order valence-corrected chi connectivity index (χ0v) is 15.6. The van der Waals surface area contributed by atoms with E-state index in [0.29, 0.717) is 6.73 Å². The first-order chi connectivity index (χ1) is 9.40. The normalized spacial score (nSPS) is 12.1. The Morgan fingerprint density at radius 1 is 1.30 bits per heavy atom. The Kier molecular flexibility index (Phi) is 5.08. The Morgan fingerprint density at radius 2 is 2.05 bits per heavy atom. The van der Waals surface area contributed by atoms with E-state index in [-0.39, 0.29) is 0 Å². The third kappa shape index (κ3) is 3.95. The number of hydrogen-bond donors (Lipinski definition) is 0. The predicted molar refractivity (Wildman–Crippen MR) is 93.1 cm³/mol. The lowest BCUT2D eigenvalue weighted by atomic mass is 10.2. The first-order valence-electron chi connectivity index (χ1n) is 6.68. The summed E-state index contributed by atoms with van der Waals surface area (Å²) in [6.07, 6.45) is 0. The van der Waals surface area contributed by atoms with Gasteiger partial charge in [0.05, 0.1) is 12.6 Å². The number of methoxy groups -OCH3 is 1. The Bertz CT molecular complexity index is 593. The van der Waals surface area contributed by atoms with Crippen molar-refractivity contribution in [1.82, 2.24) is 9.78 Å². The van der Waals surface area contributed by atoms with Crippen LogP contribution in [-0.2, 0) is 11.5 Å². The molecule has 0 spiro atoms. The van der Waals surface area contributed by atoms with Crippen molar-refractivity contribution in [2.24, 2.45) is 0 Å². The number of fused-ring (bicyclic) bond motifs is 1. The standard InChI is InChI=1S/C14H21IN2O2Si/c1-18-11-5-6-13-12(9-11)14(15)16-17(13)10-19-7-8-20(2,3)4/h5-6,9H,7-8,10H2,1-4H3. The molecule has 0 aliphatic carbocycles. The quantitative estimate of drug-likeness (QED) is 0.416. The smallest absolute Gasteiger partial charge is 0.140 e. The van der Waals surface area contributed by atoms with Crippen LogP contribution >= 0.6 is 22.6 Å². The summed E-state index contributed by atoms with van der Waals surface area (Å²) >= 11 is 2.25. The second-order valence-electron chi connectivity index (χ2n) is 6.02. The van der Waals surface area contributed by atoms with Crippen molar-refractivity contribution in [3.05, 3.63) is 21.9 Å². The van der Waals surface area contributed by atoms with E-state index in [2.05, 4.69) is 47.3 Å². The lowest BCUT2D eigenvalue weighted by Gasteiger charge is -2.15. The molecule has 0 saturated heterocycles. The molecular weight excluding hydrogens is 383 g/mol. The molecule has 4 nitrogen and oxygen atoms in total. The molecule has 0 unspecified atom stereocenters. The summed E-state index contributed by atoms with van der Waals surface area (Å²) in [6, 6.07) is 7.18. The highest BCUT2D eigenvalue weighted by Crippen LogP contribution is 2.25. The zero-order chi connectivity index (χ0) is 14.8. The molecule has 0 radical (unpaired) electrons. The molecule has 2 rings (SSSR count). The zero-order valence-electron chi connectivity index (χ0n) is 12.4. The van der Waals surface area contributed by atoms with Gasteiger partial charge in [-0.15, -0.1) is 0 Å². The van der Waals surface area contributed by atoms with E-state index in [9.17, 15) is 0 Å². The summed E-state index contributed by atoms with van der Waals surface area (Å²) in [5.74, 6) is 0.856. The molecule has 110 valence electrons. The second kappa shape index (κ2) is 6.44. The Balaban J connectivity index is 2.07. The van der Waals surface area contributed by atoms with Crippen LogP contribution in [-0.4, -0.2) is 31.6 Å². The van der Waals surface area contributed by atoms with Crippen molar-refractivity contribution in [2.75, 3.05) is 13.7 Å². The summed E-state index contributed by atoms with van der Waals surface area (Å²) < 4.78 is 13.9. The van der Waals surface area contributed by atoms with Crippen molar-refractivity contribution in [3.8, 4) is 5.75 Å². The topological polar surface area (TPSA) is 36.3 Å². The maximum absolute atomic E-state index is 5.77. The minimum Gasteiger partial charge on any atom is -0.497 e. The highest BCUT2D eigenvalue weighted by Gasteiger charge is 2.13. The van der Waals surface area contributed by atoms with E-state index in [1.54, 1.807) is 7.11 Å². The number of halogens is 1. The summed E-state index contributed by atoms with van der Waals surface area (Å²) in [5, 5.41) is 5.64. The summed E-state index contributed by atoms with van der Waals surface area (Å²) in [6.45, 7) is 8.39. The molecule has 0 fully saturated rings. The molecule has 0 amide bonds. The average Bonchev–Trinajstić information content (AvgIpc) is 2.70. The maximum Gasteiger partial charge on any atom is 0.140 e. The lowest BCUT2D eigenvalue weighted by Crippen LogP contribution is -2.22. The van der Waals surface area contributed by atoms with Gasteiger partial charge in [0, 0.05) is 20.1 Å². The van der Waals surface area contributed by atoms with Gasteiger partial charge in [0.15, 0.2) is 0 Å². The Hall–Kier alpha value is -0.603. The number of nitrogens with zero attached hydrogens (tertiary/aromatic N) is 2. The van der Waals surface area contributed by atoms with E-state index in [1.165, 1.54) is 6.04 Å². The van der Waals surface area contributed by atoms with Crippen molar-refractivity contribution in [2.45, 2.75) is 32.4 Å². The molecule has 2 aromatic rings. The van der Waals surface area contributed by atoms with E-state index in [4.69, 9.17) is 9.47 Å². The van der Waals surface area contributed by atoms with Crippen LogP contribution in [0.5, 0.6) is 5.75 Å². The van der Waals surface area contributed by atoms with E-state index >= 15 is 0 Å². The Labute approximate surface area is 134 Å². The third-order valence-electron chi connectivity index (χ3n) is 3.12. The fourth-order valence-electron chi connectivity index (χ4n) is 1.87. The molecule has 0 saturated carbocycles. The number of aromatic nitrogens is 2. The predicted octanol–water partition coefficient (Wildman–Crippen LogP) is 3.96. The first kappa shape index (κ1) is 15.8. The highest BCUT2D eigenvalue weighted by molar-refractivity contribution is 14.1. The molecule has 1 heterocycles. The molecule has 0 bridgehead atoms. The van der Waals surface area contributed by atoms with E-state index in [0.717, 1.165) is 27.0 Å². The van der Waals surface area contributed by atoms with Crippen LogP contribution in [0.1, 0.15) is 0 Å². The molecule has 20 heavy (non-hydrogen) atoms. The van der Waals surface area contributed by atoms with Gasteiger partial charge >= 0.3 is 0 Å². The molecule has 1 aromatic heterocycles. The van der Waals surface area contributed by atoms with Gasteiger partial charge in [-0.2, -0.15) is 5.10 Å². The fraction of sp³-hybridized carbons (Fsp3) is 0.500. The minimum atomic E-state index is -1.03. The summed E-state index contributed by atoms with van der Waals surface area (Å²) in [7, 11) is 0.650. The maximum atomic E-state index is 5.77. The van der Waals surface area contributed by atoms with Crippen LogP contribution in [0.2, 0.25) is 25.7 Å². The molecule has 1 aromatic carbocycles. The van der Waals surface area contributed by atoms with Gasteiger partial charge in [0.25, 0.3) is 0 Å². The van der Waals surface area contributed by atoms with Crippen LogP contribution in [0.4, 0.5) is 0 Å². The monoisotopic (exact) mass is 404 g/mol. The van der Waals surface area contributed by atoms with Crippen LogP contribution in [0, 0.1) is 3.70 Å². The number of ether oxygens (including phenoxy) is 2. The van der Waals surface area contributed by atoms with Crippen molar-refractivity contribution < 1.29 is 9.47 Å². The molecule has 0 aliphatic heterocycles. The van der Waals surface area contributed by atoms with Gasteiger partial charge in [0.2, 0.25) is 0 Å². The van der Waals surface area contributed by atoms with Gasteiger partial charge in [0.1, 0.15) is 16.2 Å². The molecule has 0 atom stereocenters. The SMILES string of the molecule is COc1ccc2c(c1)c(I)nn2COCC[Si](C)(C)C. The van der Waals surface area contributed by atoms with Crippen LogP contribution in [0.25, 0.3) is 10.9 Å². The van der Waals surface area contributed by atoms with Gasteiger partial charge < -0.3 is 9.47 Å². The minimum absolute atomic E-state index is 0.510. The molecule has 6 heteroatoms. The number of rotatable bonds is 6. The lowest BCUT2D eigenvalue weighted by molar-refractivity contribution is 0.0814. The average molecular weight is 404 g/mol. The first-order valence-corrected chi connectivity index (χ1v) is 11.5. The number of hydrogen-bond acceptors (Lipinski definition) is 3. The third-order valence-corrected chi connectivity index (χ3v) is 5.62. The molecular formula is C14H21IN2O2Si. The van der Waals surface area contributed by atoms with Gasteiger partial charge in [-0.05, 0) is 46.8 Å². The van der Waals surface area contributed by atoms with Gasteiger partial charge in [-0.25, -0.2) is 4.68 Å². The molecule has 0 N–H and O–H groups in total. The van der Waals surface area contributed by atoms with Gasteiger partial charge in [-0.3, -0.25) is 0 Å². The fourth-order valence-corrected chi connectivity index (χ4v) is 3.32. The molecule has 0 aliphatic rings. The summed E-state index contributed by atoms with van der Waals surface area (Å²) in [4.78, 5) is 0. The van der Waals surface area contributed by atoms with Crippen molar-refractivity contribution in [1.29, 1.82) is 0 Å². The highest BCUT2D eigenvalue weighted by atomic mass is 127. The van der Waals surface area contributed by atoms with Crippen molar-refractivity contribution >= 4 is 41.6 Å². The number of benzene rings is 1. The summed E-state index contributed by atoms with van der Waals surface area (Å²) in [5.41, 5.74) is 1.09. The van der Waals surface area contributed by atoms with E-state index in [1.807, 2.05) is 22.9 Å². The second-order valence-corrected chi connectivity index (χ2v) is 12.7.